The third kappa shape index (κ3) is 7.91. The lowest BCUT2D eigenvalue weighted by atomic mass is 10.1. The van der Waals surface area contributed by atoms with E-state index >= 15 is 0 Å². The van der Waals surface area contributed by atoms with E-state index in [0.717, 1.165) is 29.8 Å². The average molecular weight is 568 g/mol. The Hall–Kier alpha value is -4.73. The van der Waals surface area contributed by atoms with Crippen LogP contribution in [0.5, 0.6) is 17.2 Å². The molecule has 7 nitrogen and oxygen atoms in total. The Morgan fingerprint density at radius 3 is 2.41 bits per heavy atom. The van der Waals surface area contributed by atoms with Gasteiger partial charge >= 0.3 is 12.1 Å². The van der Waals surface area contributed by atoms with Crippen LogP contribution in [0.15, 0.2) is 83.3 Å². The molecule has 1 unspecified atom stereocenters. The number of hydrogen-bond acceptors (Lipinski definition) is 6. The number of alkyl halides is 3. The first kappa shape index (κ1) is 29.3. The largest absolute Gasteiger partial charge is 0.497 e. The van der Waals surface area contributed by atoms with Crippen molar-refractivity contribution < 1.29 is 41.7 Å². The molecule has 214 valence electrons. The van der Waals surface area contributed by atoms with Gasteiger partial charge in [-0.2, -0.15) is 13.2 Å². The lowest BCUT2D eigenvalue weighted by molar-refractivity contribution is -0.145. The van der Waals surface area contributed by atoms with Gasteiger partial charge in [-0.25, -0.2) is 9.78 Å². The summed E-state index contributed by atoms with van der Waals surface area (Å²) in [7, 11) is 1.54. The summed E-state index contributed by atoms with van der Waals surface area (Å²) in [4.78, 5) is 16.3. The predicted octanol–water partition coefficient (Wildman–Crippen LogP) is 7.58. The van der Waals surface area contributed by atoms with Gasteiger partial charge in [-0.15, -0.1) is 0 Å². The van der Waals surface area contributed by atoms with Crippen molar-refractivity contribution in [2.45, 2.75) is 38.7 Å². The van der Waals surface area contributed by atoms with Gasteiger partial charge in [0.05, 0.1) is 12.7 Å². The summed E-state index contributed by atoms with van der Waals surface area (Å²) in [5.74, 6) is 1.12. The minimum atomic E-state index is -4.49. The van der Waals surface area contributed by atoms with Crippen LogP contribution in [0.1, 0.15) is 35.4 Å². The van der Waals surface area contributed by atoms with Gasteiger partial charge in [0.2, 0.25) is 5.89 Å². The molecule has 1 N–H and O–H groups in total. The number of nitrogens with zero attached hydrogens (tertiary/aromatic N) is 1. The number of aliphatic carboxylic acids is 1. The van der Waals surface area contributed by atoms with Crippen molar-refractivity contribution in [3.63, 3.8) is 0 Å². The van der Waals surface area contributed by atoms with Gasteiger partial charge < -0.3 is 23.7 Å². The second kappa shape index (κ2) is 13.1. The Bertz CT molecular complexity index is 1480. The van der Waals surface area contributed by atoms with Crippen LogP contribution in [-0.2, 0) is 17.6 Å². The molecule has 0 aliphatic rings. The third-order valence-electron chi connectivity index (χ3n) is 6.12. The Labute approximate surface area is 234 Å². The molecule has 0 saturated heterocycles. The van der Waals surface area contributed by atoms with E-state index in [1.807, 2.05) is 37.3 Å². The van der Waals surface area contributed by atoms with Crippen molar-refractivity contribution >= 4 is 12.0 Å². The van der Waals surface area contributed by atoms with Gasteiger partial charge in [0, 0.05) is 11.1 Å². The molecule has 1 aromatic heterocycles. The van der Waals surface area contributed by atoms with E-state index in [9.17, 15) is 23.1 Å². The first-order valence-corrected chi connectivity index (χ1v) is 12.7. The van der Waals surface area contributed by atoms with Gasteiger partial charge in [-0.3, -0.25) is 0 Å². The number of oxazole rings is 1. The molecular formula is C31H28F3NO6. The Morgan fingerprint density at radius 1 is 1.05 bits per heavy atom. The normalized spacial score (nSPS) is 12.3. The molecule has 0 amide bonds. The van der Waals surface area contributed by atoms with E-state index < -0.39 is 23.8 Å². The maximum absolute atomic E-state index is 12.8. The molecule has 1 heterocycles. The number of carboxylic acid groups (broad SMARTS) is 1. The fourth-order valence-corrected chi connectivity index (χ4v) is 3.90. The van der Waals surface area contributed by atoms with Crippen LogP contribution in [0.2, 0.25) is 0 Å². The number of benzene rings is 3. The average Bonchev–Trinajstić information content (AvgIpc) is 3.34. The molecule has 4 rings (SSSR count). The summed E-state index contributed by atoms with van der Waals surface area (Å²) in [6, 6.07) is 18.7. The van der Waals surface area contributed by atoms with Crippen molar-refractivity contribution in [2.75, 3.05) is 7.11 Å². The SMILES string of the molecule is COc1ccc(OCc2nc(-c3ccccc3)oc2C)c(C=CCCC(Oc2ccc(C(F)(F)F)cc2)C(=O)O)c1. The molecule has 3 aromatic carbocycles. The maximum Gasteiger partial charge on any atom is 0.416 e. The molecule has 4 aromatic rings. The zero-order chi connectivity index (χ0) is 29.4. The van der Waals surface area contributed by atoms with Gasteiger partial charge in [-0.1, -0.05) is 30.4 Å². The zero-order valence-corrected chi connectivity index (χ0v) is 22.4. The summed E-state index contributed by atoms with van der Waals surface area (Å²) in [6.45, 7) is 1.98. The van der Waals surface area contributed by atoms with Crippen LogP contribution < -0.4 is 14.2 Å². The van der Waals surface area contributed by atoms with E-state index in [0.29, 0.717) is 40.8 Å². The fraction of sp³-hybridized carbons (Fsp3) is 0.226. The highest BCUT2D eigenvalue weighted by atomic mass is 19.4. The van der Waals surface area contributed by atoms with E-state index in [2.05, 4.69) is 4.98 Å². The van der Waals surface area contributed by atoms with Crippen LogP contribution in [0.4, 0.5) is 13.2 Å². The number of ether oxygens (including phenoxy) is 3. The second-order valence-electron chi connectivity index (χ2n) is 9.03. The fourth-order valence-electron chi connectivity index (χ4n) is 3.90. The lowest BCUT2D eigenvalue weighted by Crippen LogP contribution is -2.26. The molecule has 41 heavy (non-hydrogen) atoms. The van der Waals surface area contributed by atoms with E-state index in [1.165, 1.54) is 0 Å². The molecule has 0 aliphatic carbocycles. The molecular weight excluding hydrogens is 539 g/mol. The summed E-state index contributed by atoms with van der Waals surface area (Å²) >= 11 is 0. The number of carboxylic acids is 1. The van der Waals surface area contributed by atoms with Crippen molar-refractivity contribution in [1.82, 2.24) is 4.98 Å². The molecule has 0 fully saturated rings. The first-order valence-electron chi connectivity index (χ1n) is 12.7. The van der Waals surface area contributed by atoms with Crippen LogP contribution in [0.25, 0.3) is 17.5 Å². The van der Waals surface area contributed by atoms with E-state index in [4.69, 9.17) is 18.6 Å². The van der Waals surface area contributed by atoms with E-state index in [1.54, 1.807) is 37.5 Å². The topological polar surface area (TPSA) is 91.0 Å². The van der Waals surface area contributed by atoms with Crippen molar-refractivity contribution in [2.24, 2.45) is 0 Å². The number of rotatable bonds is 12. The number of halogens is 3. The standard InChI is InChI=1S/C31H28F3NO6/c1-20-26(35-29(40-20)21-8-4-3-5-9-21)19-39-27-17-16-25(38-2)18-22(27)10-6-7-11-28(30(36)37)41-24-14-12-23(13-15-24)31(32,33)34/h3-6,8-10,12-18,28H,7,11,19H2,1-2H3,(H,36,37). The Morgan fingerprint density at radius 2 is 1.76 bits per heavy atom. The number of aromatic nitrogens is 1. The lowest BCUT2D eigenvalue weighted by Gasteiger charge is -2.15. The summed E-state index contributed by atoms with van der Waals surface area (Å²) in [6.07, 6.45) is -1.78. The number of methoxy groups -OCH3 is 1. The summed E-state index contributed by atoms with van der Waals surface area (Å²) < 4.78 is 61.0. The summed E-state index contributed by atoms with van der Waals surface area (Å²) in [5, 5.41) is 9.54. The molecule has 1 atom stereocenters. The van der Waals surface area contributed by atoms with Crippen LogP contribution in [-0.4, -0.2) is 29.3 Å². The minimum absolute atomic E-state index is 0.0384. The molecule has 0 aliphatic heterocycles. The number of hydrogen-bond donors (Lipinski definition) is 1. The summed E-state index contributed by atoms with van der Waals surface area (Å²) in [5.41, 5.74) is 1.37. The number of aryl methyl sites for hydroxylation is 1. The molecule has 0 radical (unpaired) electrons. The highest BCUT2D eigenvalue weighted by Crippen LogP contribution is 2.31. The third-order valence-corrected chi connectivity index (χ3v) is 6.12. The quantitative estimate of drug-likeness (QED) is 0.189. The highest BCUT2D eigenvalue weighted by molar-refractivity contribution is 5.72. The predicted molar refractivity (Wildman–Crippen MR) is 146 cm³/mol. The van der Waals surface area contributed by atoms with Gasteiger partial charge in [0.15, 0.2) is 6.10 Å². The molecule has 10 heteroatoms. The van der Waals surface area contributed by atoms with Crippen LogP contribution >= 0.6 is 0 Å². The molecule has 0 bridgehead atoms. The van der Waals surface area contributed by atoms with Crippen LogP contribution in [0.3, 0.4) is 0 Å². The van der Waals surface area contributed by atoms with Crippen molar-refractivity contribution in [3.8, 4) is 28.7 Å². The Balaban J connectivity index is 1.40. The van der Waals surface area contributed by atoms with Crippen molar-refractivity contribution in [3.05, 3.63) is 101 Å². The number of carbonyl (C=O) groups is 1. The maximum atomic E-state index is 12.8. The van der Waals surface area contributed by atoms with Crippen molar-refractivity contribution in [1.29, 1.82) is 0 Å². The Kier molecular flexibility index (Phi) is 9.34. The van der Waals surface area contributed by atoms with E-state index in [-0.39, 0.29) is 18.8 Å². The van der Waals surface area contributed by atoms with Gasteiger partial charge in [0.1, 0.15) is 35.3 Å². The molecule has 0 saturated carbocycles. The first-order chi connectivity index (χ1) is 19.6. The van der Waals surface area contributed by atoms with Gasteiger partial charge in [0.25, 0.3) is 0 Å². The smallest absolute Gasteiger partial charge is 0.416 e. The zero-order valence-electron chi connectivity index (χ0n) is 22.4. The molecule has 0 spiro atoms. The van der Waals surface area contributed by atoms with Crippen LogP contribution in [0, 0.1) is 6.92 Å². The minimum Gasteiger partial charge on any atom is -0.497 e. The van der Waals surface area contributed by atoms with Gasteiger partial charge in [-0.05, 0) is 74.4 Å². The second-order valence-corrected chi connectivity index (χ2v) is 9.03. The number of allylic oxidation sites excluding steroid dienone is 1. The highest BCUT2D eigenvalue weighted by Gasteiger charge is 2.30. The monoisotopic (exact) mass is 567 g/mol.